The second kappa shape index (κ2) is 9.18. The largest absolute Gasteiger partial charge is 0.388 e. The molecule has 1 aliphatic heterocycles. The fourth-order valence-corrected chi connectivity index (χ4v) is 5.97. The summed E-state index contributed by atoms with van der Waals surface area (Å²) in [5.41, 5.74) is 2.14. The SMILES string of the molecule is CC(NCC(=O)N1CCc2ccccc2C1C1CCCCC1)C1(O)CCCCC1. The van der Waals surface area contributed by atoms with Crippen molar-refractivity contribution in [2.45, 2.75) is 95.2 Å². The van der Waals surface area contributed by atoms with E-state index < -0.39 is 5.60 Å². The molecule has 4 heteroatoms. The molecule has 1 aromatic rings. The van der Waals surface area contributed by atoms with Crippen LogP contribution < -0.4 is 5.32 Å². The van der Waals surface area contributed by atoms with Gasteiger partial charge in [-0.05, 0) is 56.1 Å². The smallest absolute Gasteiger partial charge is 0.237 e. The summed E-state index contributed by atoms with van der Waals surface area (Å²) in [6.07, 6.45) is 12.4. The molecule has 2 atom stereocenters. The van der Waals surface area contributed by atoms with Crippen molar-refractivity contribution in [3.05, 3.63) is 35.4 Å². The molecule has 2 saturated carbocycles. The first-order chi connectivity index (χ1) is 14.1. The molecular formula is C25H38N2O2. The zero-order chi connectivity index (χ0) is 20.3. The third-order valence-electron chi connectivity index (χ3n) is 7.83. The van der Waals surface area contributed by atoms with Crippen LogP contribution in [0.1, 0.15) is 88.3 Å². The standard InChI is InChI=1S/C25H38N2O2/c1-19(25(29)15-8-3-9-16-25)26-18-23(28)27-17-14-20-10-6-7-13-22(20)24(27)21-11-4-2-5-12-21/h6-7,10,13,19,21,24,26,29H,2-5,8-9,11-12,14-18H2,1H3. The van der Waals surface area contributed by atoms with Crippen LogP contribution in [0.15, 0.2) is 24.3 Å². The van der Waals surface area contributed by atoms with Gasteiger partial charge in [0.15, 0.2) is 0 Å². The predicted molar refractivity (Wildman–Crippen MR) is 117 cm³/mol. The second-order valence-corrected chi connectivity index (χ2v) is 9.65. The van der Waals surface area contributed by atoms with E-state index in [9.17, 15) is 9.90 Å². The first kappa shape index (κ1) is 20.9. The Bertz CT molecular complexity index is 692. The quantitative estimate of drug-likeness (QED) is 0.774. The highest BCUT2D eigenvalue weighted by atomic mass is 16.3. The lowest BCUT2D eigenvalue weighted by Gasteiger charge is -2.43. The van der Waals surface area contributed by atoms with Crippen LogP contribution in [-0.2, 0) is 11.2 Å². The molecule has 160 valence electrons. The Morgan fingerprint density at radius 1 is 1.14 bits per heavy atom. The van der Waals surface area contributed by atoms with Crippen LogP contribution in [0, 0.1) is 5.92 Å². The molecule has 0 spiro atoms. The average Bonchev–Trinajstić information content (AvgIpc) is 2.77. The van der Waals surface area contributed by atoms with Gasteiger partial charge in [0, 0.05) is 12.6 Å². The first-order valence-corrected chi connectivity index (χ1v) is 11.9. The number of carbonyl (C=O) groups excluding carboxylic acids is 1. The van der Waals surface area contributed by atoms with Crippen LogP contribution in [0.4, 0.5) is 0 Å². The molecule has 1 aromatic carbocycles. The number of nitrogens with one attached hydrogen (secondary N) is 1. The maximum atomic E-state index is 13.3. The molecule has 0 radical (unpaired) electrons. The van der Waals surface area contributed by atoms with Gasteiger partial charge in [0.05, 0.1) is 18.2 Å². The lowest BCUT2D eigenvalue weighted by molar-refractivity contribution is -0.135. The van der Waals surface area contributed by atoms with Gasteiger partial charge in [-0.2, -0.15) is 0 Å². The van der Waals surface area contributed by atoms with E-state index in [1.54, 1.807) is 0 Å². The highest BCUT2D eigenvalue weighted by Gasteiger charge is 2.38. The van der Waals surface area contributed by atoms with Gasteiger partial charge in [-0.25, -0.2) is 0 Å². The van der Waals surface area contributed by atoms with Gasteiger partial charge in [0.1, 0.15) is 0 Å². The second-order valence-electron chi connectivity index (χ2n) is 9.65. The lowest BCUT2D eigenvalue weighted by Crippen LogP contribution is -2.54. The van der Waals surface area contributed by atoms with Crippen LogP contribution in [0.25, 0.3) is 0 Å². The molecule has 2 unspecified atom stereocenters. The minimum absolute atomic E-state index is 0.0445. The van der Waals surface area contributed by atoms with E-state index in [4.69, 9.17) is 0 Å². The summed E-state index contributed by atoms with van der Waals surface area (Å²) in [5, 5.41) is 14.4. The van der Waals surface area contributed by atoms with Crippen LogP contribution in [0.3, 0.4) is 0 Å². The van der Waals surface area contributed by atoms with Gasteiger partial charge >= 0.3 is 0 Å². The van der Waals surface area contributed by atoms with Crippen molar-refractivity contribution in [1.82, 2.24) is 10.2 Å². The summed E-state index contributed by atoms with van der Waals surface area (Å²) in [7, 11) is 0. The van der Waals surface area contributed by atoms with Crippen molar-refractivity contribution in [2.24, 2.45) is 5.92 Å². The Morgan fingerprint density at radius 2 is 1.83 bits per heavy atom. The Morgan fingerprint density at radius 3 is 2.59 bits per heavy atom. The predicted octanol–water partition coefficient (Wildman–Crippen LogP) is 4.37. The number of rotatable bonds is 5. The van der Waals surface area contributed by atoms with E-state index in [1.807, 2.05) is 6.92 Å². The summed E-state index contributed by atoms with van der Waals surface area (Å²) in [6, 6.07) is 8.92. The minimum Gasteiger partial charge on any atom is -0.388 e. The maximum absolute atomic E-state index is 13.3. The normalized spacial score (nSPS) is 26.0. The third kappa shape index (κ3) is 4.54. The van der Waals surface area contributed by atoms with Crippen molar-refractivity contribution in [1.29, 1.82) is 0 Å². The van der Waals surface area contributed by atoms with Gasteiger partial charge in [-0.15, -0.1) is 0 Å². The number of hydrogen-bond acceptors (Lipinski definition) is 3. The van der Waals surface area contributed by atoms with Crippen molar-refractivity contribution < 1.29 is 9.90 Å². The fraction of sp³-hybridized carbons (Fsp3) is 0.720. The number of hydrogen-bond donors (Lipinski definition) is 2. The molecule has 1 heterocycles. The molecule has 0 aromatic heterocycles. The van der Waals surface area contributed by atoms with Gasteiger partial charge in [-0.3, -0.25) is 4.79 Å². The zero-order valence-electron chi connectivity index (χ0n) is 18.0. The summed E-state index contributed by atoms with van der Waals surface area (Å²) in [4.78, 5) is 15.5. The molecule has 2 aliphatic carbocycles. The van der Waals surface area contributed by atoms with E-state index in [-0.39, 0.29) is 18.0 Å². The van der Waals surface area contributed by atoms with Crippen molar-refractivity contribution >= 4 is 5.91 Å². The van der Waals surface area contributed by atoms with Crippen molar-refractivity contribution in [3.63, 3.8) is 0 Å². The lowest BCUT2D eigenvalue weighted by atomic mass is 9.77. The van der Waals surface area contributed by atoms with Gasteiger partial charge < -0.3 is 15.3 Å². The van der Waals surface area contributed by atoms with Gasteiger partial charge in [-0.1, -0.05) is 62.8 Å². The number of benzene rings is 1. The Hall–Kier alpha value is -1.39. The van der Waals surface area contributed by atoms with Crippen LogP contribution in [0.5, 0.6) is 0 Å². The summed E-state index contributed by atoms with van der Waals surface area (Å²) >= 11 is 0. The summed E-state index contributed by atoms with van der Waals surface area (Å²) in [5.74, 6) is 0.774. The van der Waals surface area contributed by atoms with Gasteiger partial charge in [0.25, 0.3) is 0 Å². The van der Waals surface area contributed by atoms with Crippen LogP contribution in [0.2, 0.25) is 0 Å². The molecule has 2 fully saturated rings. The number of fused-ring (bicyclic) bond motifs is 1. The third-order valence-corrected chi connectivity index (χ3v) is 7.83. The van der Waals surface area contributed by atoms with Gasteiger partial charge in [0.2, 0.25) is 5.91 Å². The monoisotopic (exact) mass is 398 g/mol. The van der Waals surface area contributed by atoms with E-state index in [1.165, 1.54) is 49.7 Å². The van der Waals surface area contributed by atoms with E-state index in [0.717, 1.165) is 38.6 Å². The Kier molecular flexibility index (Phi) is 6.60. The highest BCUT2D eigenvalue weighted by molar-refractivity contribution is 5.79. The summed E-state index contributed by atoms with van der Waals surface area (Å²) in [6.45, 7) is 3.19. The van der Waals surface area contributed by atoms with Crippen LogP contribution in [-0.4, -0.2) is 40.6 Å². The average molecular weight is 399 g/mol. The Balaban J connectivity index is 1.46. The zero-order valence-corrected chi connectivity index (χ0v) is 18.0. The number of nitrogens with zero attached hydrogens (tertiary/aromatic N) is 1. The molecule has 0 bridgehead atoms. The number of carbonyl (C=O) groups is 1. The molecule has 2 N–H and O–H groups in total. The molecule has 4 rings (SSSR count). The minimum atomic E-state index is -0.657. The molecule has 3 aliphatic rings. The highest BCUT2D eigenvalue weighted by Crippen LogP contribution is 2.42. The summed E-state index contributed by atoms with van der Waals surface area (Å²) < 4.78 is 0. The van der Waals surface area contributed by atoms with E-state index in [0.29, 0.717) is 12.5 Å². The van der Waals surface area contributed by atoms with Crippen molar-refractivity contribution in [3.8, 4) is 0 Å². The molecular weight excluding hydrogens is 360 g/mol. The topological polar surface area (TPSA) is 52.6 Å². The maximum Gasteiger partial charge on any atom is 0.237 e. The van der Waals surface area contributed by atoms with E-state index >= 15 is 0 Å². The first-order valence-electron chi connectivity index (χ1n) is 11.9. The fourth-order valence-electron chi connectivity index (χ4n) is 5.97. The van der Waals surface area contributed by atoms with Crippen molar-refractivity contribution in [2.75, 3.05) is 13.1 Å². The Labute approximate surface area is 176 Å². The van der Waals surface area contributed by atoms with E-state index in [2.05, 4.69) is 34.5 Å². The number of amides is 1. The molecule has 0 saturated heterocycles. The van der Waals surface area contributed by atoms with Crippen LogP contribution >= 0.6 is 0 Å². The number of aliphatic hydroxyl groups is 1. The molecule has 29 heavy (non-hydrogen) atoms. The molecule has 1 amide bonds. The molecule has 4 nitrogen and oxygen atoms in total.